The van der Waals surface area contributed by atoms with Crippen LogP contribution in [0, 0.1) is 0 Å². The summed E-state index contributed by atoms with van der Waals surface area (Å²) in [5.74, 6) is -0.0925. The van der Waals surface area contributed by atoms with E-state index in [1.165, 1.54) is 6.21 Å². The normalized spacial score (nSPS) is 10.7. The van der Waals surface area contributed by atoms with Crippen molar-refractivity contribution < 1.29 is 14.3 Å². The lowest BCUT2D eigenvalue weighted by molar-refractivity contribution is -0.124. The summed E-state index contributed by atoms with van der Waals surface area (Å²) in [5, 5.41) is 7.70. The third kappa shape index (κ3) is 7.11. The Kier molecular flexibility index (Phi) is 8.66. The number of rotatable bonds is 9. The number of amides is 2. The highest BCUT2D eigenvalue weighted by Crippen LogP contribution is 2.21. The van der Waals surface area contributed by atoms with Crippen molar-refractivity contribution in [2.75, 3.05) is 5.32 Å². The zero-order valence-electron chi connectivity index (χ0n) is 17.1. The Balaban J connectivity index is 1.48. The number of ether oxygens (including phenoxy) is 1. The first-order chi connectivity index (χ1) is 15.5. The highest BCUT2D eigenvalue weighted by molar-refractivity contribution is 6.33. The minimum absolute atomic E-state index is 0.00408. The number of nitrogens with zero attached hydrogens (tertiary/aromatic N) is 1. The SMILES string of the molecule is O=C(CCC(=O)Nc1ccccc1Cl)NN=Cc1ccccc1OCc1ccccc1Cl. The van der Waals surface area contributed by atoms with E-state index in [0.717, 1.165) is 5.56 Å². The summed E-state index contributed by atoms with van der Waals surface area (Å²) in [6, 6.07) is 21.6. The van der Waals surface area contributed by atoms with Gasteiger partial charge in [0.15, 0.2) is 0 Å². The molecule has 0 radical (unpaired) electrons. The lowest BCUT2D eigenvalue weighted by Crippen LogP contribution is -2.20. The maximum Gasteiger partial charge on any atom is 0.240 e. The molecule has 0 atom stereocenters. The van der Waals surface area contributed by atoms with E-state index in [2.05, 4.69) is 15.8 Å². The summed E-state index contributed by atoms with van der Waals surface area (Å²) in [6.07, 6.45) is 1.48. The van der Waals surface area contributed by atoms with Gasteiger partial charge in [0.25, 0.3) is 0 Å². The molecule has 0 bridgehead atoms. The van der Waals surface area contributed by atoms with Gasteiger partial charge in [-0.1, -0.05) is 65.7 Å². The summed E-state index contributed by atoms with van der Waals surface area (Å²) < 4.78 is 5.85. The van der Waals surface area contributed by atoms with Gasteiger partial charge < -0.3 is 10.1 Å². The molecule has 0 saturated carbocycles. The fourth-order valence-corrected chi connectivity index (χ4v) is 3.09. The zero-order valence-corrected chi connectivity index (χ0v) is 18.6. The van der Waals surface area contributed by atoms with E-state index in [0.29, 0.717) is 33.7 Å². The third-order valence-corrected chi connectivity index (χ3v) is 5.08. The maximum atomic E-state index is 12.0. The molecule has 3 aromatic carbocycles. The van der Waals surface area contributed by atoms with Crippen LogP contribution in [-0.2, 0) is 16.2 Å². The van der Waals surface area contributed by atoms with Gasteiger partial charge in [0.2, 0.25) is 11.8 Å². The third-order valence-electron chi connectivity index (χ3n) is 4.38. The molecule has 6 nitrogen and oxygen atoms in total. The molecule has 0 heterocycles. The molecule has 0 fully saturated rings. The minimum Gasteiger partial charge on any atom is -0.488 e. The molecule has 0 aliphatic heterocycles. The number of hydrogen-bond donors (Lipinski definition) is 2. The summed E-state index contributed by atoms with van der Waals surface area (Å²) >= 11 is 12.2. The second kappa shape index (κ2) is 11.9. The average molecular weight is 470 g/mol. The van der Waals surface area contributed by atoms with Gasteiger partial charge in [-0.05, 0) is 30.3 Å². The Hall–Kier alpha value is -3.35. The van der Waals surface area contributed by atoms with Crippen LogP contribution in [0.25, 0.3) is 0 Å². The lowest BCUT2D eigenvalue weighted by atomic mass is 10.2. The van der Waals surface area contributed by atoms with Gasteiger partial charge in [-0.3, -0.25) is 9.59 Å². The molecular formula is C24H21Cl2N3O3. The molecule has 8 heteroatoms. The largest absolute Gasteiger partial charge is 0.488 e. The van der Waals surface area contributed by atoms with E-state index < -0.39 is 0 Å². The summed E-state index contributed by atoms with van der Waals surface area (Å²) in [6.45, 7) is 0.303. The molecule has 0 aliphatic carbocycles. The molecule has 0 spiro atoms. The van der Waals surface area contributed by atoms with Crippen LogP contribution >= 0.6 is 23.2 Å². The number of benzene rings is 3. The molecule has 3 aromatic rings. The van der Waals surface area contributed by atoms with E-state index in [9.17, 15) is 9.59 Å². The van der Waals surface area contributed by atoms with Crippen LogP contribution in [0.5, 0.6) is 5.75 Å². The van der Waals surface area contributed by atoms with Crippen LogP contribution in [0.4, 0.5) is 5.69 Å². The maximum absolute atomic E-state index is 12.0. The first kappa shape index (κ1) is 23.3. The number of hydrogen-bond acceptors (Lipinski definition) is 4. The van der Waals surface area contributed by atoms with Crippen LogP contribution in [0.3, 0.4) is 0 Å². The van der Waals surface area contributed by atoms with Crippen LogP contribution in [0.15, 0.2) is 77.9 Å². The van der Waals surface area contributed by atoms with E-state index >= 15 is 0 Å². The monoisotopic (exact) mass is 469 g/mol. The van der Waals surface area contributed by atoms with Gasteiger partial charge in [0, 0.05) is 29.0 Å². The van der Waals surface area contributed by atoms with E-state index in [-0.39, 0.29) is 24.7 Å². The van der Waals surface area contributed by atoms with Gasteiger partial charge in [0.1, 0.15) is 12.4 Å². The highest BCUT2D eigenvalue weighted by Gasteiger charge is 2.09. The molecule has 164 valence electrons. The number of carbonyl (C=O) groups excluding carboxylic acids is 2. The van der Waals surface area contributed by atoms with Gasteiger partial charge in [-0.2, -0.15) is 5.10 Å². The average Bonchev–Trinajstić information content (AvgIpc) is 2.79. The second-order valence-corrected chi connectivity index (χ2v) is 7.55. The number of para-hydroxylation sites is 2. The van der Waals surface area contributed by atoms with Crippen molar-refractivity contribution in [3.8, 4) is 5.75 Å². The minimum atomic E-state index is -0.384. The highest BCUT2D eigenvalue weighted by atomic mass is 35.5. The Morgan fingerprint density at radius 1 is 0.844 bits per heavy atom. The lowest BCUT2D eigenvalue weighted by Gasteiger charge is -2.10. The predicted molar refractivity (Wildman–Crippen MR) is 127 cm³/mol. The quantitative estimate of drug-likeness (QED) is 0.323. The molecular weight excluding hydrogens is 449 g/mol. The van der Waals surface area contributed by atoms with Gasteiger partial charge in [0.05, 0.1) is 16.9 Å². The summed E-state index contributed by atoms with van der Waals surface area (Å²) in [7, 11) is 0. The fraction of sp³-hybridized carbons (Fsp3) is 0.125. The van der Waals surface area contributed by atoms with Gasteiger partial charge in [-0.15, -0.1) is 0 Å². The zero-order chi connectivity index (χ0) is 22.8. The molecule has 0 unspecified atom stereocenters. The molecule has 0 aliphatic rings. The van der Waals surface area contributed by atoms with Crippen molar-refractivity contribution in [3.05, 3.63) is 94.0 Å². The Labute approximate surface area is 196 Å². The fourth-order valence-electron chi connectivity index (χ4n) is 2.72. The van der Waals surface area contributed by atoms with Crippen molar-refractivity contribution in [3.63, 3.8) is 0 Å². The number of hydrazone groups is 1. The van der Waals surface area contributed by atoms with E-state index in [4.69, 9.17) is 27.9 Å². The van der Waals surface area contributed by atoms with E-state index in [1.807, 2.05) is 36.4 Å². The number of nitrogens with one attached hydrogen (secondary N) is 2. The summed E-state index contributed by atoms with van der Waals surface area (Å²) in [4.78, 5) is 24.0. The molecule has 2 N–H and O–H groups in total. The molecule has 3 rings (SSSR count). The van der Waals surface area contributed by atoms with Crippen molar-refractivity contribution in [2.45, 2.75) is 19.4 Å². The molecule has 0 saturated heterocycles. The van der Waals surface area contributed by atoms with Crippen LogP contribution in [-0.4, -0.2) is 18.0 Å². The van der Waals surface area contributed by atoms with Crippen molar-refractivity contribution in [2.24, 2.45) is 5.10 Å². The standard InChI is InChI=1S/C24H21Cl2N3O3/c25-19-9-3-1-8-18(19)16-32-22-12-6-2-7-17(22)15-27-29-24(31)14-13-23(30)28-21-11-5-4-10-20(21)26/h1-12,15H,13-14,16H2,(H,28,30)(H,29,31). The second-order valence-electron chi connectivity index (χ2n) is 6.74. The van der Waals surface area contributed by atoms with Crippen LogP contribution < -0.4 is 15.5 Å². The van der Waals surface area contributed by atoms with Crippen molar-refractivity contribution in [1.82, 2.24) is 5.43 Å². The van der Waals surface area contributed by atoms with Crippen LogP contribution in [0.2, 0.25) is 10.0 Å². The molecule has 0 aromatic heterocycles. The Morgan fingerprint density at radius 2 is 1.50 bits per heavy atom. The molecule has 32 heavy (non-hydrogen) atoms. The Morgan fingerprint density at radius 3 is 2.28 bits per heavy atom. The van der Waals surface area contributed by atoms with Crippen LogP contribution in [0.1, 0.15) is 24.0 Å². The predicted octanol–water partition coefficient (Wildman–Crippen LogP) is 5.44. The molecule has 2 amide bonds. The first-order valence-electron chi connectivity index (χ1n) is 9.84. The summed E-state index contributed by atoms with van der Waals surface area (Å²) in [5.41, 5.74) is 4.48. The number of anilines is 1. The topological polar surface area (TPSA) is 79.8 Å². The van der Waals surface area contributed by atoms with Gasteiger partial charge >= 0.3 is 0 Å². The van der Waals surface area contributed by atoms with Crippen molar-refractivity contribution >= 4 is 46.9 Å². The number of halogens is 2. The van der Waals surface area contributed by atoms with Gasteiger partial charge in [-0.25, -0.2) is 5.43 Å². The van der Waals surface area contributed by atoms with E-state index in [1.54, 1.807) is 36.4 Å². The van der Waals surface area contributed by atoms with Crippen molar-refractivity contribution in [1.29, 1.82) is 0 Å². The Bertz CT molecular complexity index is 1120. The number of carbonyl (C=O) groups is 2. The first-order valence-corrected chi connectivity index (χ1v) is 10.6. The smallest absolute Gasteiger partial charge is 0.240 e.